The maximum absolute atomic E-state index is 14.3. The number of nitrogens with one attached hydrogen (secondary N) is 2. The minimum atomic E-state index is -4.81. The highest BCUT2D eigenvalue weighted by Gasteiger charge is 2.63. The zero-order chi connectivity index (χ0) is 24.8. The summed E-state index contributed by atoms with van der Waals surface area (Å²) in [6.45, 7) is 0.594. The van der Waals surface area contributed by atoms with Crippen molar-refractivity contribution >= 4 is 27.0 Å². The van der Waals surface area contributed by atoms with Crippen LogP contribution >= 0.6 is 0 Å². The number of methoxy groups -OCH3 is 1. The van der Waals surface area contributed by atoms with Gasteiger partial charge in [0.25, 0.3) is 0 Å². The number of halogens is 5. The van der Waals surface area contributed by atoms with Crippen LogP contribution < -0.4 is 15.0 Å². The summed E-state index contributed by atoms with van der Waals surface area (Å²) in [6.07, 6.45) is -3.03. The van der Waals surface area contributed by atoms with Crippen LogP contribution in [0.2, 0.25) is 0 Å². The number of carbonyl (C=O) groups is 1. The molecule has 33 heavy (non-hydrogen) atoms. The van der Waals surface area contributed by atoms with E-state index in [1.807, 2.05) is 0 Å². The molecule has 7 nitrogen and oxygen atoms in total. The molecule has 0 saturated carbocycles. The van der Waals surface area contributed by atoms with Gasteiger partial charge in [-0.25, -0.2) is 18.4 Å². The average molecular weight is 492 g/mol. The highest BCUT2D eigenvalue weighted by atomic mass is 32.2. The second kappa shape index (κ2) is 8.43. The normalized spacial score (nSPS) is 22.7. The fourth-order valence-corrected chi connectivity index (χ4v) is 4.42. The van der Waals surface area contributed by atoms with Crippen LogP contribution in [-0.4, -0.2) is 47.2 Å². The summed E-state index contributed by atoms with van der Waals surface area (Å²) in [4.78, 5) is 18.0. The molecule has 0 radical (unpaired) electrons. The monoisotopic (exact) mass is 492 g/mol. The SMILES string of the molecule is COc1c(N2CCC(C)(C(F)(F)F)C2C(=O)Nc2ccnc([S@](C)(=N)=O)c2)ccc(F)c1F. The van der Waals surface area contributed by atoms with Gasteiger partial charge in [0.15, 0.2) is 11.6 Å². The molecule has 2 unspecified atom stereocenters. The maximum atomic E-state index is 14.3. The number of alkyl halides is 3. The van der Waals surface area contributed by atoms with E-state index in [0.29, 0.717) is 0 Å². The number of hydrogen-bond acceptors (Lipinski definition) is 6. The van der Waals surface area contributed by atoms with Gasteiger partial charge < -0.3 is 15.0 Å². The molecule has 0 spiro atoms. The van der Waals surface area contributed by atoms with E-state index in [0.717, 1.165) is 49.6 Å². The second-order valence-electron chi connectivity index (χ2n) is 7.89. The lowest BCUT2D eigenvalue weighted by Crippen LogP contribution is -2.53. The fraction of sp³-hybridized carbons (Fsp3) is 0.400. The van der Waals surface area contributed by atoms with Gasteiger partial charge >= 0.3 is 6.18 Å². The summed E-state index contributed by atoms with van der Waals surface area (Å²) in [5.41, 5.74) is -2.75. The first kappa shape index (κ1) is 24.7. The first-order chi connectivity index (χ1) is 15.2. The van der Waals surface area contributed by atoms with Crippen molar-refractivity contribution in [3.63, 3.8) is 0 Å². The van der Waals surface area contributed by atoms with Crippen molar-refractivity contribution in [2.75, 3.05) is 30.1 Å². The molecule has 1 saturated heterocycles. The van der Waals surface area contributed by atoms with Crippen molar-refractivity contribution in [2.24, 2.45) is 5.41 Å². The van der Waals surface area contributed by atoms with Gasteiger partial charge in [0.2, 0.25) is 11.7 Å². The molecular formula is C20H21F5N4O3S. The molecule has 13 heteroatoms. The van der Waals surface area contributed by atoms with Crippen molar-refractivity contribution in [1.29, 1.82) is 4.78 Å². The largest absolute Gasteiger partial charge is 0.491 e. The van der Waals surface area contributed by atoms with Crippen molar-refractivity contribution < 1.29 is 35.7 Å². The molecule has 0 aliphatic carbocycles. The van der Waals surface area contributed by atoms with Crippen LogP contribution in [0.4, 0.5) is 33.3 Å². The van der Waals surface area contributed by atoms with E-state index in [2.05, 4.69) is 10.3 Å². The van der Waals surface area contributed by atoms with Gasteiger partial charge in [0, 0.05) is 24.7 Å². The molecule has 1 aliphatic heterocycles. The van der Waals surface area contributed by atoms with Gasteiger partial charge in [0.1, 0.15) is 11.1 Å². The van der Waals surface area contributed by atoms with Crippen LogP contribution in [0.15, 0.2) is 35.5 Å². The summed E-state index contributed by atoms with van der Waals surface area (Å²) in [5.74, 6) is -4.34. The standard InChI is InChI=1S/C20H21F5N4O3S/c1-19(20(23,24)25)7-9-29(13-5-4-12(21)15(22)16(13)32-2)17(19)18(30)28-11-6-8-27-14(10-11)33(3,26)31/h4-6,8,10,17,26H,7,9H2,1-3H3,(H,27,28,30)/t17?,19?,33-/m1/s1. The first-order valence-corrected chi connectivity index (χ1v) is 11.5. The van der Waals surface area contributed by atoms with Crippen molar-refractivity contribution in [2.45, 2.75) is 30.6 Å². The summed E-state index contributed by atoms with van der Waals surface area (Å²) in [6, 6.07) is 2.34. The fourth-order valence-electron chi connectivity index (χ4n) is 3.80. The van der Waals surface area contributed by atoms with Gasteiger partial charge in [-0.1, -0.05) is 0 Å². The third-order valence-corrected chi connectivity index (χ3v) is 6.65. The Morgan fingerprint density at radius 3 is 2.58 bits per heavy atom. The number of benzene rings is 1. The highest BCUT2D eigenvalue weighted by Crippen LogP contribution is 2.52. The van der Waals surface area contributed by atoms with E-state index in [1.165, 1.54) is 6.07 Å². The lowest BCUT2D eigenvalue weighted by atomic mass is 9.81. The number of pyridine rings is 1. The minimum absolute atomic E-state index is 0.0135. The summed E-state index contributed by atoms with van der Waals surface area (Å²) in [7, 11) is -2.21. The summed E-state index contributed by atoms with van der Waals surface area (Å²) < 4.78 is 94.6. The number of carbonyl (C=O) groups excluding carboxylic acids is 1. The topological polar surface area (TPSA) is 95.4 Å². The van der Waals surface area contributed by atoms with E-state index < -0.39 is 57.1 Å². The molecular weight excluding hydrogens is 471 g/mol. The van der Waals surface area contributed by atoms with Crippen molar-refractivity contribution in [3.8, 4) is 5.75 Å². The Hall–Kier alpha value is -2.96. The number of nitrogens with zero attached hydrogens (tertiary/aromatic N) is 2. The number of amides is 1. The molecule has 1 aromatic heterocycles. The molecule has 0 bridgehead atoms. The molecule has 2 heterocycles. The van der Waals surface area contributed by atoms with Gasteiger partial charge in [-0.2, -0.15) is 17.6 Å². The van der Waals surface area contributed by atoms with Gasteiger partial charge in [0.05, 0.1) is 27.9 Å². The van der Waals surface area contributed by atoms with Crippen LogP contribution in [0.5, 0.6) is 5.75 Å². The lowest BCUT2D eigenvalue weighted by molar-refractivity contribution is -0.218. The first-order valence-electron chi connectivity index (χ1n) is 9.57. The molecule has 3 atom stereocenters. The lowest BCUT2D eigenvalue weighted by Gasteiger charge is -2.36. The Bertz CT molecular complexity index is 1190. The molecule has 1 fully saturated rings. The molecule has 1 amide bonds. The van der Waals surface area contributed by atoms with E-state index >= 15 is 0 Å². The van der Waals surface area contributed by atoms with E-state index in [-0.39, 0.29) is 22.9 Å². The Balaban J connectivity index is 2.08. The quantitative estimate of drug-likeness (QED) is 0.611. The molecule has 3 rings (SSSR count). The Kier molecular flexibility index (Phi) is 6.30. The van der Waals surface area contributed by atoms with Gasteiger partial charge in [-0.15, -0.1) is 0 Å². The van der Waals surface area contributed by atoms with Crippen LogP contribution in [-0.2, 0) is 14.5 Å². The van der Waals surface area contributed by atoms with Crippen LogP contribution in [0, 0.1) is 21.8 Å². The predicted octanol–water partition coefficient (Wildman–Crippen LogP) is 4.19. The van der Waals surface area contributed by atoms with Gasteiger partial charge in [-0.3, -0.25) is 4.79 Å². The third-order valence-electron chi connectivity index (χ3n) is 5.63. The van der Waals surface area contributed by atoms with Crippen LogP contribution in [0.3, 0.4) is 0 Å². The number of anilines is 2. The molecule has 1 aromatic carbocycles. The third kappa shape index (κ3) is 4.45. The second-order valence-corrected chi connectivity index (χ2v) is 10.00. The van der Waals surface area contributed by atoms with E-state index in [1.54, 1.807) is 0 Å². The predicted molar refractivity (Wildman–Crippen MR) is 111 cm³/mol. The average Bonchev–Trinajstić information content (AvgIpc) is 3.08. The van der Waals surface area contributed by atoms with Crippen LogP contribution in [0.25, 0.3) is 0 Å². The zero-order valence-electron chi connectivity index (χ0n) is 17.8. The van der Waals surface area contributed by atoms with E-state index in [9.17, 15) is 31.0 Å². The molecule has 2 N–H and O–H groups in total. The molecule has 180 valence electrons. The van der Waals surface area contributed by atoms with Gasteiger partial charge in [-0.05, 0) is 37.6 Å². The van der Waals surface area contributed by atoms with Crippen molar-refractivity contribution in [1.82, 2.24) is 4.98 Å². The van der Waals surface area contributed by atoms with Crippen molar-refractivity contribution in [3.05, 3.63) is 42.1 Å². The van der Waals surface area contributed by atoms with Crippen LogP contribution in [0.1, 0.15) is 13.3 Å². The van der Waals surface area contributed by atoms with E-state index in [4.69, 9.17) is 9.52 Å². The molecule has 1 aliphatic rings. The zero-order valence-corrected chi connectivity index (χ0v) is 18.6. The summed E-state index contributed by atoms with van der Waals surface area (Å²) in [5, 5.41) is 2.19. The molecule has 2 aromatic rings. The highest BCUT2D eigenvalue weighted by molar-refractivity contribution is 7.91. The maximum Gasteiger partial charge on any atom is 0.396 e. The number of aromatic nitrogens is 1. The number of ether oxygens (including phenoxy) is 1. The number of hydrogen-bond donors (Lipinski definition) is 2. The number of rotatable bonds is 5. The summed E-state index contributed by atoms with van der Waals surface area (Å²) >= 11 is 0. The Labute approximate surface area is 186 Å². The Morgan fingerprint density at radius 1 is 1.33 bits per heavy atom. The Morgan fingerprint density at radius 2 is 2.00 bits per heavy atom. The minimum Gasteiger partial charge on any atom is -0.491 e. The smallest absolute Gasteiger partial charge is 0.396 e.